The van der Waals surface area contributed by atoms with Crippen LogP contribution in [0.3, 0.4) is 0 Å². The normalized spacial score (nSPS) is 14.7. The number of nitrogens with zero attached hydrogens (tertiary/aromatic N) is 1. The van der Waals surface area contributed by atoms with E-state index in [0.717, 1.165) is 5.56 Å². The first-order valence-electron chi connectivity index (χ1n) is 13.0. The summed E-state index contributed by atoms with van der Waals surface area (Å²) < 4.78 is 0. The predicted molar refractivity (Wildman–Crippen MR) is 154 cm³/mol. The summed E-state index contributed by atoms with van der Waals surface area (Å²) in [6.45, 7) is 4.01. The van der Waals surface area contributed by atoms with Crippen molar-refractivity contribution in [2.75, 3.05) is 18.6 Å². The molecule has 1 rings (SSSR count). The SMILES string of the molecule is CCC(C)C(NC(=O)C(N)CCCN=C(N)N)C(=O)NC(Cc1ccccc1)C(=O)NC(CCSC)C(=O)O. The van der Waals surface area contributed by atoms with Gasteiger partial charge >= 0.3 is 5.97 Å². The van der Waals surface area contributed by atoms with Gasteiger partial charge in [-0.3, -0.25) is 19.4 Å². The fourth-order valence-electron chi connectivity index (χ4n) is 3.70. The molecule has 218 valence electrons. The summed E-state index contributed by atoms with van der Waals surface area (Å²) in [5, 5.41) is 17.6. The number of carboxylic acids is 1. The van der Waals surface area contributed by atoms with Crippen molar-refractivity contribution < 1.29 is 24.3 Å². The Kier molecular flexibility index (Phi) is 15.6. The van der Waals surface area contributed by atoms with Gasteiger partial charge in [0.2, 0.25) is 17.7 Å². The van der Waals surface area contributed by atoms with Gasteiger partial charge in [0.15, 0.2) is 5.96 Å². The monoisotopic (exact) mass is 565 g/mol. The van der Waals surface area contributed by atoms with E-state index in [0.29, 0.717) is 31.6 Å². The summed E-state index contributed by atoms with van der Waals surface area (Å²) >= 11 is 1.47. The van der Waals surface area contributed by atoms with Crippen molar-refractivity contribution in [2.45, 2.75) is 70.1 Å². The highest BCUT2D eigenvalue weighted by molar-refractivity contribution is 7.98. The minimum atomic E-state index is -1.15. The molecule has 12 nitrogen and oxygen atoms in total. The van der Waals surface area contributed by atoms with Crippen LogP contribution in [0.5, 0.6) is 0 Å². The maximum atomic E-state index is 13.4. The van der Waals surface area contributed by atoms with Gasteiger partial charge in [-0.1, -0.05) is 50.6 Å². The molecule has 0 fully saturated rings. The minimum Gasteiger partial charge on any atom is -0.480 e. The van der Waals surface area contributed by atoms with E-state index in [1.807, 2.05) is 38.3 Å². The van der Waals surface area contributed by atoms with E-state index in [2.05, 4.69) is 20.9 Å². The van der Waals surface area contributed by atoms with Crippen LogP contribution in [-0.4, -0.2) is 77.5 Å². The van der Waals surface area contributed by atoms with E-state index in [1.54, 1.807) is 12.1 Å². The third-order valence-electron chi connectivity index (χ3n) is 6.24. The molecular formula is C26H43N7O5S. The number of hydrogen-bond donors (Lipinski definition) is 7. The molecule has 0 saturated carbocycles. The molecule has 0 heterocycles. The predicted octanol–water partition coefficient (Wildman–Crippen LogP) is -0.0518. The van der Waals surface area contributed by atoms with Gasteiger partial charge in [-0.25, -0.2) is 4.79 Å². The van der Waals surface area contributed by atoms with Crippen LogP contribution in [0, 0.1) is 5.92 Å². The molecule has 5 unspecified atom stereocenters. The van der Waals surface area contributed by atoms with E-state index in [4.69, 9.17) is 17.2 Å². The van der Waals surface area contributed by atoms with Crippen LogP contribution in [0.2, 0.25) is 0 Å². The van der Waals surface area contributed by atoms with Crippen molar-refractivity contribution in [1.82, 2.24) is 16.0 Å². The average molecular weight is 566 g/mol. The quantitative estimate of drug-likeness (QED) is 0.0720. The number of guanidine groups is 1. The molecule has 0 aromatic heterocycles. The zero-order valence-corrected chi connectivity index (χ0v) is 23.7. The Labute approximate surface area is 234 Å². The largest absolute Gasteiger partial charge is 0.480 e. The number of carbonyl (C=O) groups is 4. The van der Waals surface area contributed by atoms with Gasteiger partial charge in [0.05, 0.1) is 6.04 Å². The Hall–Kier alpha value is -3.32. The molecule has 39 heavy (non-hydrogen) atoms. The maximum absolute atomic E-state index is 13.4. The second kappa shape index (κ2) is 18.1. The molecular weight excluding hydrogens is 522 g/mol. The lowest BCUT2D eigenvalue weighted by atomic mass is 9.96. The lowest BCUT2D eigenvalue weighted by Crippen LogP contribution is -2.59. The summed E-state index contributed by atoms with van der Waals surface area (Å²) in [5.74, 6) is -2.61. The maximum Gasteiger partial charge on any atom is 0.326 e. The molecule has 0 aliphatic heterocycles. The van der Waals surface area contributed by atoms with Crippen molar-refractivity contribution in [2.24, 2.45) is 28.1 Å². The molecule has 10 N–H and O–H groups in total. The van der Waals surface area contributed by atoms with Crippen LogP contribution in [0.25, 0.3) is 0 Å². The van der Waals surface area contributed by atoms with Gasteiger partial charge in [0.1, 0.15) is 18.1 Å². The molecule has 0 saturated heterocycles. The Balaban J connectivity index is 3.05. The number of carboxylic acid groups (broad SMARTS) is 1. The highest BCUT2D eigenvalue weighted by Crippen LogP contribution is 2.11. The molecule has 5 atom stereocenters. The number of aliphatic imine (C=N–C) groups is 1. The second-order valence-corrected chi connectivity index (χ2v) is 10.3. The molecule has 0 bridgehead atoms. The topological polar surface area (TPSA) is 215 Å². The molecule has 1 aromatic carbocycles. The second-order valence-electron chi connectivity index (χ2n) is 9.36. The van der Waals surface area contributed by atoms with E-state index >= 15 is 0 Å². The van der Waals surface area contributed by atoms with Crippen LogP contribution in [-0.2, 0) is 25.6 Å². The number of rotatable bonds is 18. The summed E-state index contributed by atoms with van der Waals surface area (Å²) in [7, 11) is 0. The number of nitrogens with one attached hydrogen (secondary N) is 3. The molecule has 0 radical (unpaired) electrons. The van der Waals surface area contributed by atoms with Crippen molar-refractivity contribution in [1.29, 1.82) is 0 Å². The van der Waals surface area contributed by atoms with Crippen LogP contribution in [0.1, 0.15) is 45.1 Å². The number of aliphatic carboxylic acids is 1. The summed E-state index contributed by atoms with van der Waals surface area (Å²) in [6, 6.07) is 5.07. The zero-order chi connectivity index (χ0) is 29.4. The lowest BCUT2D eigenvalue weighted by Gasteiger charge is -2.28. The summed E-state index contributed by atoms with van der Waals surface area (Å²) in [5.41, 5.74) is 17.4. The standard InChI is InChI=1S/C26H43N7O5S/c1-4-16(2)21(33-22(34)18(27)11-8-13-30-26(28)29)24(36)32-20(15-17-9-6-5-7-10-17)23(35)31-19(25(37)38)12-14-39-3/h5-7,9-10,16,18-21H,4,8,11-15,27H2,1-3H3,(H,31,35)(H,32,36)(H,33,34)(H,37,38)(H4,28,29,30). The van der Waals surface area contributed by atoms with E-state index in [9.17, 15) is 24.3 Å². The van der Waals surface area contributed by atoms with Crippen LogP contribution < -0.4 is 33.2 Å². The van der Waals surface area contributed by atoms with Gasteiger partial charge in [-0.15, -0.1) is 0 Å². The average Bonchev–Trinajstić information content (AvgIpc) is 2.90. The van der Waals surface area contributed by atoms with Crippen molar-refractivity contribution in [3.05, 3.63) is 35.9 Å². The number of carbonyl (C=O) groups excluding carboxylic acids is 3. The lowest BCUT2D eigenvalue weighted by molar-refractivity contribution is -0.142. The first kappa shape index (κ1) is 33.7. The van der Waals surface area contributed by atoms with Gasteiger partial charge in [-0.2, -0.15) is 11.8 Å². The molecule has 1 aromatic rings. The first-order chi connectivity index (χ1) is 18.5. The summed E-state index contributed by atoms with van der Waals surface area (Å²) in [4.78, 5) is 55.0. The molecule has 0 spiro atoms. The Bertz CT molecular complexity index is 959. The third-order valence-corrected chi connectivity index (χ3v) is 6.88. The number of thioether (sulfide) groups is 1. The molecule has 0 aliphatic rings. The number of nitrogens with two attached hydrogens (primary N) is 3. The first-order valence-corrected chi connectivity index (χ1v) is 14.4. The van der Waals surface area contributed by atoms with Crippen LogP contribution >= 0.6 is 11.8 Å². The number of amides is 3. The van der Waals surface area contributed by atoms with Crippen molar-refractivity contribution >= 4 is 41.4 Å². The highest BCUT2D eigenvalue weighted by Gasteiger charge is 2.32. The fourth-order valence-corrected chi connectivity index (χ4v) is 4.17. The van der Waals surface area contributed by atoms with Gasteiger partial charge < -0.3 is 38.3 Å². The van der Waals surface area contributed by atoms with Gasteiger partial charge in [-0.05, 0) is 42.8 Å². The molecule has 0 aliphatic carbocycles. The van der Waals surface area contributed by atoms with Crippen molar-refractivity contribution in [3.63, 3.8) is 0 Å². The van der Waals surface area contributed by atoms with Crippen LogP contribution in [0.4, 0.5) is 0 Å². The zero-order valence-electron chi connectivity index (χ0n) is 22.9. The van der Waals surface area contributed by atoms with E-state index in [-0.39, 0.29) is 24.7 Å². The molecule has 3 amide bonds. The molecule has 13 heteroatoms. The smallest absolute Gasteiger partial charge is 0.326 e. The number of hydrogen-bond acceptors (Lipinski definition) is 7. The summed E-state index contributed by atoms with van der Waals surface area (Å²) in [6.07, 6.45) is 3.58. The fraction of sp³-hybridized carbons (Fsp3) is 0.577. The van der Waals surface area contributed by atoms with E-state index < -0.39 is 47.9 Å². The Morgan fingerprint density at radius 1 is 0.974 bits per heavy atom. The van der Waals surface area contributed by atoms with Crippen molar-refractivity contribution in [3.8, 4) is 0 Å². The van der Waals surface area contributed by atoms with Gasteiger partial charge in [0.25, 0.3) is 0 Å². The van der Waals surface area contributed by atoms with E-state index in [1.165, 1.54) is 11.8 Å². The third kappa shape index (κ3) is 12.9. The Morgan fingerprint density at radius 2 is 1.62 bits per heavy atom. The number of benzene rings is 1. The highest BCUT2D eigenvalue weighted by atomic mass is 32.2. The van der Waals surface area contributed by atoms with Crippen LogP contribution in [0.15, 0.2) is 35.3 Å². The Morgan fingerprint density at radius 3 is 2.18 bits per heavy atom. The van der Waals surface area contributed by atoms with Gasteiger partial charge in [0, 0.05) is 13.0 Å². The minimum absolute atomic E-state index is 0.0467.